The maximum atomic E-state index is 5.35. The first-order valence-corrected chi connectivity index (χ1v) is 7.52. The molecular weight excluding hydrogens is 236 g/mol. The highest BCUT2D eigenvalue weighted by atomic mass is 15.2. The lowest BCUT2D eigenvalue weighted by molar-refractivity contribution is 0.0546. The normalized spacial score (nSPS) is 27.8. The van der Waals surface area contributed by atoms with Crippen LogP contribution in [0.15, 0.2) is 18.3 Å². The fraction of sp³-hybridized carbons (Fsp3) is 0.667. The fourth-order valence-corrected chi connectivity index (χ4v) is 3.76. The molecule has 2 heterocycles. The van der Waals surface area contributed by atoms with Crippen LogP contribution in [-0.2, 0) is 6.54 Å². The molecule has 3 N–H and O–H groups in total. The third-order valence-electron chi connectivity index (χ3n) is 4.72. The topological polar surface area (TPSA) is 54.2 Å². The zero-order chi connectivity index (χ0) is 13.1. The van der Waals surface area contributed by atoms with Crippen LogP contribution in [0.5, 0.6) is 0 Å². The highest BCUT2D eigenvalue weighted by Crippen LogP contribution is 2.35. The Balaban J connectivity index is 1.66. The second-order valence-corrected chi connectivity index (χ2v) is 5.92. The van der Waals surface area contributed by atoms with Crippen molar-refractivity contribution in [2.24, 2.45) is 11.8 Å². The van der Waals surface area contributed by atoms with Crippen LogP contribution in [0.4, 0.5) is 5.82 Å². The zero-order valence-electron chi connectivity index (χ0n) is 11.5. The largest absolute Gasteiger partial charge is 0.308 e. The molecule has 0 radical (unpaired) electrons. The van der Waals surface area contributed by atoms with Gasteiger partial charge in [0.15, 0.2) is 0 Å². The van der Waals surface area contributed by atoms with Crippen LogP contribution in [-0.4, -0.2) is 22.5 Å². The first-order valence-electron chi connectivity index (χ1n) is 7.52. The summed E-state index contributed by atoms with van der Waals surface area (Å²) in [5.74, 6) is 7.03. The van der Waals surface area contributed by atoms with Crippen molar-refractivity contribution in [3.63, 3.8) is 0 Å². The van der Waals surface area contributed by atoms with Gasteiger partial charge in [0.2, 0.25) is 0 Å². The third-order valence-corrected chi connectivity index (χ3v) is 4.72. The summed E-state index contributed by atoms with van der Waals surface area (Å²) in [5, 5.41) is 0. The Morgan fingerprint density at radius 3 is 2.84 bits per heavy atom. The molecule has 19 heavy (non-hydrogen) atoms. The Kier molecular flexibility index (Phi) is 3.99. The number of hydrogen-bond acceptors (Lipinski definition) is 4. The number of aromatic nitrogens is 1. The second-order valence-electron chi connectivity index (χ2n) is 5.92. The van der Waals surface area contributed by atoms with E-state index in [9.17, 15) is 0 Å². The van der Waals surface area contributed by atoms with Gasteiger partial charge in [0, 0.05) is 18.8 Å². The number of hydrogen-bond donors (Lipinski definition) is 2. The molecule has 2 atom stereocenters. The number of fused-ring (bicyclic) bond motifs is 1. The number of hydrazine groups is 1. The van der Waals surface area contributed by atoms with Gasteiger partial charge in [0.25, 0.3) is 0 Å². The van der Waals surface area contributed by atoms with Gasteiger partial charge in [-0.3, -0.25) is 4.90 Å². The molecule has 2 fully saturated rings. The van der Waals surface area contributed by atoms with Crippen LogP contribution in [0, 0.1) is 5.92 Å². The molecular formula is C15H24N4. The number of piperidine rings is 1. The van der Waals surface area contributed by atoms with Crippen LogP contribution < -0.4 is 11.3 Å². The first-order chi connectivity index (χ1) is 9.36. The van der Waals surface area contributed by atoms with Crippen molar-refractivity contribution >= 4 is 5.82 Å². The van der Waals surface area contributed by atoms with E-state index < -0.39 is 0 Å². The first kappa shape index (κ1) is 12.9. The van der Waals surface area contributed by atoms with Gasteiger partial charge < -0.3 is 5.43 Å². The Morgan fingerprint density at radius 2 is 2.05 bits per heavy atom. The van der Waals surface area contributed by atoms with Gasteiger partial charge in [-0.1, -0.05) is 18.9 Å². The number of nitrogens with one attached hydrogen (secondary N) is 1. The predicted octanol–water partition coefficient (Wildman–Crippen LogP) is 2.52. The van der Waals surface area contributed by atoms with Crippen LogP contribution in [0.1, 0.15) is 44.1 Å². The minimum Gasteiger partial charge on any atom is -0.308 e. The smallest absolute Gasteiger partial charge is 0.139 e. The van der Waals surface area contributed by atoms with E-state index in [0.29, 0.717) is 0 Å². The lowest BCUT2D eigenvalue weighted by Crippen LogP contribution is -2.46. The number of anilines is 1. The molecule has 0 spiro atoms. The standard InChI is InChI=1S/C15H24N4/c16-18-15-8-7-12(10-17-15)11-19-9-3-5-13-4-1-2-6-14(13)19/h7-8,10,13-14H,1-6,9,11,16H2,(H,17,18)/t13-,14-/m1/s1. The van der Waals surface area contributed by atoms with E-state index in [1.165, 1.54) is 50.6 Å². The van der Waals surface area contributed by atoms with E-state index in [-0.39, 0.29) is 0 Å². The fourth-order valence-electron chi connectivity index (χ4n) is 3.76. The summed E-state index contributed by atoms with van der Waals surface area (Å²) in [4.78, 5) is 6.98. The number of pyridine rings is 1. The minimum atomic E-state index is 0.734. The van der Waals surface area contributed by atoms with E-state index in [1.54, 1.807) is 0 Å². The van der Waals surface area contributed by atoms with Gasteiger partial charge in [0.05, 0.1) is 0 Å². The predicted molar refractivity (Wildman–Crippen MR) is 77.4 cm³/mol. The number of rotatable bonds is 3. The summed E-state index contributed by atoms with van der Waals surface area (Å²) in [7, 11) is 0. The third kappa shape index (κ3) is 2.90. The molecule has 1 aliphatic heterocycles. The zero-order valence-corrected chi connectivity index (χ0v) is 11.5. The minimum absolute atomic E-state index is 0.734. The Hall–Kier alpha value is -1.13. The molecule has 1 saturated heterocycles. The molecule has 0 unspecified atom stereocenters. The molecule has 0 bridgehead atoms. The van der Waals surface area contributed by atoms with Crippen LogP contribution in [0.25, 0.3) is 0 Å². The average molecular weight is 260 g/mol. The Morgan fingerprint density at radius 1 is 1.21 bits per heavy atom. The van der Waals surface area contributed by atoms with E-state index in [1.807, 2.05) is 12.3 Å². The molecule has 0 aromatic carbocycles. The van der Waals surface area contributed by atoms with Gasteiger partial charge in [0.1, 0.15) is 5.82 Å². The van der Waals surface area contributed by atoms with Gasteiger partial charge >= 0.3 is 0 Å². The maximum absolute atomic E-state index is 5.35. The SMILES string of the molecule is NNc1ccc(CN2CCC[C@H]3CCCC[C@H]32)cn1. The van der Waals surface area contributed by atoms with Crippen LogP contribution >= 0.6 is 0 Å². The van der Waals surface area contributed by atoms with Crippen molar-refractivity contribution in [2.45, 2.75) is 51.1 Å². The van der Waals surface area contributed by atoms with Gasteiger partial charge in [-0.15, -0.1) is 0 Å². The summed E-state index contributed by atoms with van der Waals surface area (Å²) >= 11 is 0. The number of nitrogens with two attached hydrogens (primary N) is 1. The van der Waals surface area contributed by atoms with Crippen molar-refractivity contribution in [3.05, 3.63) is 23.9 Å². The summed E-state index contributed by atoms with van der Waals surface area (Å²) in [6.07, 6.45) is 10.4. The van der Waals surface area contributed by atoms with Gasteiger partial charge in [-0.05, 0) is 49.8 Å². The molecule has 4 nitrogen and oxygen atoms in total. The summed E-state index contributed by atoms with van der Waals surface area (Å²) in [5.41, 5.74) is 3.87. The lowest BCUT2D eigenvalue weighted by atomic mass is 9.78. The second kappa shape index (κ2) is 5.88. The molecule has 3 rings (SSSR count). The van der Waals surface area contributed by atoms with Crippen LogP contribution in [0.2, 0.25) is 0 Å². The van der Waals surface area contributed by atoms with Crippen molar-refractivity contribution in [2.75, 3.05) is 12.0 Å². The van der Waals surface area contributed by atoms with Crippen molar-refractivity contribution in [3.8, 4) is 0 Å². The monoisotopic (exact) mass is 260 g/mol. The maximum Gasteiger partial charge on any atom is 0.139 e. The number of nitrogen functional groups attached to an aromatic ring is 1. The van der Waals surface area contributed by atoms with E-state index in [4.69, 9.17) is 5.84 Å². The molecule has 0 amide bonds. The average Bonchev–Trinajstić information content (AvgIpc) is 2.48. The molecule has 1 saturated carbocycles. The number of nitrogens with zero attached hydrogens (tertiary/aromatic N) is 2. The van der Waals surface area contributed by atoms with Crippen molar-refractivity contribution < 1.29 is 0 Å². The molecule has 1 aliphatic carbocycles. The van der Waals surface area contributed by atoms with Crippen LogP contribution in [0.3, 0.4) is 0 Å². The van der Waals surface area contributed by atoms with E-state index in [0.717, 1.165) is 24.3 Å². The summed E-state index contributed by atoms with van der Waals surface area (Å²) in [6.45, 7) is 2.29. The van der Waals surface area contributed by atoms with Gasteiger partial charge in [-0.25, -0.2) is 10.8 Å². The lowest BCUT2D eigenvalue weighted by Gasteiger charge is -2.44. The summed E-state index contributed by atoms with van der Waals surface area (Å²) < 4.78 is 0. The molecule has 4 heteroatoms. The molecule has 104 valence electrons. The van der Waals surface area contributed by atoms with E-state index >= 15 is 0 Å². The van der Waals surface area contributed by atoms with Gasteiger partial charge in [-0.2, -0.15) is 0 Å². The Labute approximate surface area is 115 Å². The highest BCUT2D eigenvalue weighted by molar-refractivity contribution is 5.33. The number of likely N-dealkylation sites (tertiary alicyclic amines) is 1. The molecule has 2 aliphatic rings. The molecule has 1 aromatic rings. The van der Waals surface area contributed by atoms with E-state index in [2.05, 4.69) is 21.4 Å². The highest BCUT2D eigenvalue weighted by Gasteiger charge is 2.32. The quantitative estimate of drug-likeness (QED) is 0.648. The Bertz CT molecular complexity index is 401. The summed E-state index contributed by atoms with van der Waals surface area (Å²) in [6, 6.07) is 4.90. The van der Waals surface area contributed by atoms with Crippen molar-refractivity contribution in [1.29, 1.82) is 0 Å². The van der Waals surface area contributed by atoms with Crippen molar-refractivity contribution in [1.82, 2.24) is 9.88 Å². The molecule has 1 aromatic heterocycles.